The van der Waals surface area contributed by atoms with E-state index in [1.54, 1.807) is 0 Å². The summed E-state index contributed by atoms with van der Waals surface area (Å²) in [5.74, 6) is -0.203. The fourth-order valence-corrected chi connectivity index (χ4v) is 4.97. The second kappa shape index (κ2) is 10.5. The van der Waals surface area contributed by atoms with Crippen LogP contribution in [0.4, 0.5) is 0 Å². The van der Waals surface area contributed by atoms with Gasteiger partial charge in [0.1, 0.15) is 6.61 Å². The lowest BCUT2D eigenvalue weighted by atomic mass is 9.96. The standard InChI is InChI=1S/C28H33N3O5/c1-19-4-10-23(11-5-19)28(12-13-28)18-35-17-25-29-26(30-36-25)21-8-6-20(7-9-21)24(32)16-31-14-2-3-22(15-31)27(33)34/h4-11,22,24,32H,2-3,12-18H2,1H3,(H,33,34). The van der Waals surface area contributed by atoms with E-state index in [9.17, 15) is 15.0 Å². The largest absolute Gasteiger partial charge is 0.481 e. The molecule has 8 heteroatoms. The van der Waals surface area contributed by atoms with Crippen molar-refractivity contribution < 1.29 is 24.3 Å². The summed E-state index contributed by atoms with van der Waals surface area (Å²) in [6, 6.07) is 16.1. The van der Waals surface area contributed by atoms with Gasteiger partial charge in [-0.25, -0.2) is 0 Å². The number of aliphatic hydroxyl groups is 1. The fraction of sp³-hybridized carbons (Fsp3) is 0.464. The Morgan fingerprint density at radius 2 is 1.94 bits per heavy atom. The highest BCUT2D eigenvalue weighted by Gasteiger charge is 2.44. The molecule has 5 rings (SSSR count). The van der Waals surface area contributed by atoms with Gasteiger partial charge in [-0.15, -0.1) is 0 Å². The highest BCUT2D eigenvalue weighted by molar-refractivity contribution is 5.70. The number of aliphatic hydroxyl groups excluding tert-OH is 1. The maximum atomic E-state index is 11.3. The number of rotatable bonds is 10. The summed E-state index contributed by atoms with van der Waals surface area (Å²) in [5, 5.41) is 24.0. The van der Waals surface area contributed by atoms with Crippen molar-refractivity contribution in [1.82, 2.24) is 15.0 Å². The minimum absolute atomic E-state index is 0.107. The van der Waals surface area contributed by atoms with Crippen molar-refractivity contribution in [2.75, 3.05) is 26.2 Å². The number of hydrogen-bond acceptors (Lipinski definition) is 7. The molecule has 36 heavy (non-hydrogen) atoms. The van der Waals surface area contributed by atoms with E-state index in [1.807, 2.05) is 29.2 Å². The molecule has 0 bridgehead atoms. The van der Waals surface area contributed by atoms with Crippen LogP contribution in [0.15, 0.2) is 53.1 Å². The monoisotopic (exact) mass is 491 g/mol. The van der Waals surface area contributed by atoms with Gasteiger partial charge in [-0.3, -0.25) is 9.69 Å². The van der Waals surface area contributed by atoms with E-state index in [1.165, 1.54) is 11.1 Å². The molecule has 1 aromatic heterocycles. The van der Waals surface area contributed by atoms with Gasteiger partial charge >= 0.3 is 5.97 Å². The van der Waals surface area contributed by atoms with Gasteiger partial charge in [0.05, 0.1) is 18.6 Å². The van der Waals surface area contributed by atoms with Crippen molar-refractivity contribution in [3.63, 3.8) is 0 Å². The van der Waals surface area contributed by atoms with E-state index in [0.717, 1.165) is 36.9 Å². The normalized spacial score (nSPS) is 20.2. The number of aliphatic carboxylic acids is 1. The average molecular weight is 492 g/mol. The smallest absolute Gasteiger partial charge is 0.307 e. The molecule has 3 aromatic rings. The van der Waals surface area contributed by atoms with Crippen LogP contribution in [0.5, 0.6) is 0 Å². The molecule has 2 unspecified atom stereocenters. The second-order valence-electron chi connectivity index (χ2n) is 10.2. The third-order valence-corrected chi connectivity index (χ3v) is 7.43. The predicted octanol–water partition coefficient (Wildman–Crippen LogP) is 4.12. The van der Waals surface area contributed by atoms with Crippen LogP contribution in [0.1, 0.15) is 54.4 Å². The lowest BCUT2D eigenvalue weighted by molar-refractivity contribution is -0.143. The molecule has 1 saturated heterocycles. The highest BCUT2D eigenvalue weighted by Crippen LogP contribution is 2.48. The number of β-amino-alcohol motifs (C(OH)–C–C–N with tert-alkyl or cyclic N) is 1. The molecular formula is C28H33N3O5. The number of piperidine rings is 1. The maximum absolute atomic E-state index is 11.3. The molecule has 2 atom stereocenters. The highest BCUT2D eigenvalue weighted by atomic mass is 16.5. The fourth-order valence-electron chi connectivity index (χ4n) is 4.97. The maximum Gasteiger partial charge on any atom is 0.307 e. The summed E-state index contributed by atoms with van der Waals surface area (Å²) in [7, 11) is 0. The predicted molar refractivity (Wildman–Crippen MR) is 133 cm³/mol. The summed E-state index contributed by atoms with van der Waals surface area (Å²) >= 11 is 0. The number of likely N-dealkylation sites (tertiary alicyclic amines) is 1. The van der Waals surface area contributed by atoms with E-state index in [4.69, 9.17) is 9.26 Å². The lowest BCUT2D eigenvalue weighted by Crippen LogP contribution is -2.40. The zero-order chi connectivity index (χ0) is 25.1. The van der Waals surface area contributed by atoms with Gasteiger partial charge in [0.2, 0.25) is 5.82 Å². The Bertz CT molecular complexity index is 1170. The van der Waals surface area contributed by atoms with E-state index in [0.29, 0.717) is 37.8 Å². The van der Waals surface area contributed by atoms with Crippen molar-refractivity contribution in [2.24, 2.45) is 5.92 Å². The molecule has 2 N–H and O–H groups in total. The SMILES string of the molecule is Cc1ccc(C2(COCc3nc(-c4ccc(C(O)CN5CCCC(C(=O)O)C5)cc4)no3)CC2)cc1. The molecule has 8 nitrogen and oxygen atoms in total. The van der Waals surface area contributed by atoms with Gasteiger partial charge < -0.3 is 19.5 Å². The van der Waals surface area contributed by atoms with Crippen LogP contribution in [0.3, 0.4) is 0 Å². The number of carboxylic acid groups (broad SMARTS) is 1. The van der Waals surface area contributed by atoms with Gasteiger partial charge in [-0.1, -0.05) is 59.3 Å². The first-order valence-electron chi connectivity index (χ1n) is 12.6. The van der Waals surface area contributed by atoms with Crippen LogP contribution in [0.2, 0.25) is 0 Å². The molecule has 0 spiro atoms. The first-order valence-corrected chi connectivity index (χ1v) is 12.6. The molecule has 1 aliphatic carbocycles. The number of ether oxygens (including phenoxy) is 1. The van der Waals surface area contributed by atoms with Gasteiger partial charge in [-0.2, -0.15) is 4.98 Å². The van der Waals surface area contributed by atoms with Gasteiger partial charge in [0.15, 0.2) is 0 Å². The topological polar surface area (TPSA) is 109 Å². The molecule has 2 heterocycles. The Morgan fingerprint density at radius 1 is 1.19 bits per heavy atom. The summed E-state index contributed by atoms with van der Waals surface area (Å²) in [6.07, 6.45) is 3.09. The molecule has 1 aliphatic heterocycles. The number of carboxylic acids is 1. The summed E-state index contributed by atoms with van der Waals surface area (Å²) < 4.78 is 11.3. The number of hydrogen-bond donors (Lipinski definition) is 2. The number of aryl methyl sites for hydroxylation is 1. The molecule has 0 amide bonds. The zero-order valence-corrected chi connectivity index (χ0v) is 20.6. The first kappa shape index (κ1) is 24.6. The van der Waals surface area contributed by atoms with Crippen molar-refractivity contribution in [3.8, 4) is 11.4 Å². The Hall–Kier alpha value is -3.07. The van der Waals surface area contributed by atoms with Crippen LogP contribution in [0.25, 0.3) is 11.4 Å². The van der Waals surface area contributed by atoms with Crippen molar-refractivity contribution in [2.45, 2.75) is 50.7 Å². The van der Waals surface area contributed by atoms with Crippen LogP contribution in [0, 0.1) is 12.8 Å². The number of carbonyl (C=O) groups is 1. The molecule has 2 aromatic carbocycles. The Morgan fingerprint density at radius 3 is 2.64 bits per heavy atom. The van der Waals surface area contributed by atoms with Gasteiger partial charge in [0.25, 0.3) is 5.89 Å². The van der Waals surface area contributed by atoms with Crippen LogP contribution in [-0.4, -0.2) is 57.5 Å². The number of nitrogens with zero attached hydrogens (tertiary/aromatic N) is 3. The van der Waals surface area contributed by atoms with E-state index in [-0.39, 0.29) is 17.9 Å². The third kappa shape index (κ3) is 5.67. The summed E-state index contributed by atoms with van der Waals surface area (Å²) in [6.45, 7) is 4.69. The molecule has 0 radical (unpaired) electrons. The molecule has 2 aliphatic rings. The first-order chi connectivity index (χ1) is 17.4. The van der Waals surface area contributed by atoms with Gasteiger partial charge in [0, 0.05) is 24.1 Å². The Balaban J connectivity index is 1.13. The van der Waals surface area contributed by atoms with Crippen molar-refractivity contribution >= 4 is 5.97 Å². The summed E-state index contributed by atoms with van der Waals surface area (Å²) in [4.78, 5) is 17.8. The molecule has 2 fully saturated rings. The lowest BCUT2D eigenvalue weighted by Gasteiger charge is -2.32. The Labute approximate surface area is 210 Å². The minimum atomic E-state index is -0.762. The van der Waals surface area contributed by atoms with E-state index in [2.05, 4.69) is 41.3 Å². The van der Waals surface area contributed by atoms with E-state index < -0.39 is 12.1 Å². The third-order valence-electron chi connectivity index (χ3n) is 7.43. The molecular weight excluding hydrogens is 458 g/mol. The van der Waals surface area contributed by atoms with Crippen LogP contribution in [-0.2, 0) is 21.6 Å². The summed E-state index contributed by atoms with van der Waals surface area (Å²) in [5.41, 5.74) is 4.25. The Kier molecular flexibility index (Phi) is 7.18. The van der Waals surface area contributed by atoms with Crippen LogP contribution < -0.4 is 0 Å². The molecule has 190 valence electrons. The minimum Gasteiger partial charge on any atom is -0.481 e. The van der Waals surface area contributed by atoms with Crippen molar-refractivity contribution in [1.29, 1.82) is 0 Å². The second-order valence-corrected chi connectivity index (χ2v) is 10.2. The molecule has 1 saturated carbocycles. The average Bonchev–Trinajstić information content (AvgIpc) is 3.52. The number of benzene rings is 2. The van der Waals surface area contributed by atoms with Crippen molar-refractivity contribution in [3.05, 3.63) is 71.1 Å². The zero-order valence-electron chi connectivity index (χ0n) is 20.6. The van der Waals surface area contributed by atoms with Gasteiger partial charge in [-0.05, 0) is 50.3 Å². The van der Waals surface area contributed by atoms with E-state index >= 15 is 0 Å². The quantitative estimate of drug-likeness (QED) is 0.436. The van der Waals surface area contributed by atoms with Crippen LogP contribution >= 0.6 is 0 Å². The number of aromatic nitrogens is 2.